The predicted molar refractivity (Wildman–Crippen MR) is 108 cm³/mol. The summed E-state index contributed by atoms with van der Waals surface area (Å²) in [5, 5.41) is 10.5. The van der Waals surface area contributed by atoms with Gasteiger partial charge in [-0.3, -0.25) is 9.78 Å². The number of halogens is 1. The maximum Gasteiger partial charge on any atom is 0.261 e. The molecule has 0 atom stereocenters. The molecule has 134 valence electrons. The lowest BCUT2D eigenvalue weighted by atomic mass is 9.91. The van der Waals surface area contributed by atoms with Crippen molar-refractivity contribution in [2.45, 2.75) is 37.8 Å². The van der Waals surface area contributed by atoms with Crippen LogP contribution >= 0.6 is 22.9 Å². The molecule has 0 spiro atoms. The van der Waals surface area contributed by atoms with Crippen LogP contribution in [0.3, 0.4) is 0 Å². The molecule has 1 fully saturated rings. The second-order valence-corrected chi connectivity index (χ2v) is 8.05. The van der Waals surface area contributed by atoms with Crippen molar-refractivity contribution in [1.29, 1.82) is 0 Å². The summed E-state index contributed by atoms with van der Waals surface area (Å²) in [7, 11) is 0. The smallest absolute Gasteiger partial charge is 0.261 e. The largest absolute Gasteiger partial charge is 0.382 e. The average molecular weight is 386 g/mol. The Bertz CT molecular complexity index is 905. The highest BCUT2D eigenvalue weighted by molar-refractivity contribution is 7.12. The minimum Gasteiger partial charge on any atom is -0.382 e. The molecule has 3 aromatic rings. The first-order valence-corrected chi connectivity index (χ1v) is 10.1. The van der Waals surface area contributed by atoms with Crippen LogP contribution in [0.5, 0.6) is 0 Å². The molecule has 2 heterocycles. The van der Waals surface area contributed by atoms with Crippen LogP contribution in [0.15, 0.2) is 48.0 Å². The Morgan fingerprint density at radius 2 is 1.92 bits per heavy atom. The minimum atomic E-state index is 0.0495. The van der Waals surface area contributed by atoms with Crippen molar-refractivity contribution in [3.05, 3.63) is 57.9 Å². The van der Waals surface area contributed by atoms with Gasteiger partial charge in [0.2, 0.25) is 0 Å². The molecule has 0 saturated heterocycles. The number of hydrogen-bond donors (Lipinski definition) is 2. The Kier molecular flexibility index (Phi) is 5.09. The van der Waals surface area contributed by atoms with E-state index in [1.165, 1.54) is 11.3 Å². The molecule has 6 heteroatoms. The number of nitrogens with one attached hydrogen (secondary N) is 2. The van der Waals surface area contributed by atoms with Crippen molar-refractivity contribution in [2.75, 3.05) is 5.32 Å². The van der Waals surface area contributed by atoms with Crippen LogP contribution in [0, 0.1) is 0 Å². The van der Waals surface area contributed by atoms with Gasteiger partial charge in [-0.05, 0) is 61.4 Å². The first-order chi connectivity index (χ1) is 12.7. The molecule has 0 unspecified atom stereocenters. The Labute approximate surface area is 161 Å². The van der Waals surface area contributed by atoms with E-state index in [1.54, 1.807) is 0 Å². The van der Waals surface area contributed by atoms with Crippen LogP contribution < -0.4 is 10.6 Å². The molecule has 2 aromatic heterocycles. The van der Waals surface area contributed by atoms with E-state index in [4.69, 9.17) is 11.6 Å². The predicted octanol–water partition coefficient (Wildman–Crippen LogP) is 5.10. The van der Waals surface area contributed by atoms with Gasteiger partial charge in [0.05, 0.1) is 10.4 Å². The fourth-order valence-corrected chi connectivity index (χ4v) is 4.31. The molecule has 1 amide bonds. The average Bonchev–Trinajstić information content (AvgIpc) is 3.18. The van der Waals surface area contributed by atoms with Crippen molar-refractivity contribution < 1.29 is 4.79 Å². The van der Waals surface area contributed by atoms with Crippen LogP contribution in [-0.2, 0) is 0 Å². The van der Waals surface area contributed by atoms with Gasteiger partial charge < -0.3 is 10.6 Å². The lowest BCUT2D eigenvalue weighted by Gasteiger charge is -2.30. The van der Waals surface area contributed by atoms with Gasteiger partial charge in [0.1, 0.15) is 0 Å². The number of anilines is 1. The standard InChI is InChI=1S/C20H20ClN3OS/c21-13-3-8-16-17(9-10-22-18(16)12-13)23-14-4-6-15(7-5-14)24-20(25)19-2-1-11-26-19/h1-3,8-12,14-15H,4-7H2,(H,22,23)(H,24,25). The maximum atomic E-state index is 12.2. The number of hydrogen-bond acceptors (Lipinski definition) is 4. The van der Waals surface area contributed by atoms with Crippen molar-refractivity contribution in [1.82, 2.24) is 10.3 Å². The molecule has 1 aliphatic rings. The first kappa shape index (κ1) is 17.3. The third-order valence-corrected chi connectivity index (χ3v) is 5.98. The fraction of sp³-hybridized carbons (Fsp3) is 0.300. The zero-order valence-corrected chi connectivity index (χ0v) is 15.8. The summed E-state index contributed by atoms with van der Waals surface area (Å²) in [6.07, 6.45) is 5.86. The van der Waals surface area contributed by atoms with Gasteiger partial charge >= 0.3 is 0 Å². The normalized spacial score (nSPS) is 20.0. The lowest BCUT2D eigenvalue weighted by Crippen LogP contribution is -2.39. The number of pyridine rings is 1. The molecular formula is C20H20ClN3OS. The molecule has 2 N–H and O–H groups in total. The van der Waals surface area contributed by atoms with Crippen molar-refractivity contribution in [3.8, 4) is 0 Å². The van der Waals surface area contributed by atoms with Gasteiger partial charge in [0, 0.05) is 34.4 Å². The summed E-state index contributed by atoms with van der Waals surface area (Å²) < 4.78 is 0. The summed E-state index contributed by atoms with van der Waals surface area (Å²) in [6.45, 7) is 0. The van der Waals surface area contributed by atoms with Gasteiger partial charge in [-0.25, -0.2) is 0 Å². The first-order valence-electron chi connectivity index (χ1n) is 8.84. The van der Waals surface area contributed by atoms with Gasteiger partial charge in [0.25, 0.3) is 5.91 Å². The number of thiophene rings is 1. The summed E-state index contributed by atoms with van der Waals surface area (Å²) >= 11 is 7.55. The van der Waals surface area contributed by atoms with E-state index in [2.05, 4.69) is 15.6 Å². The Balaban J connectivity index is 1.36. The molecule has 1 aliphatic carbocycles. The van der Waals surface area contributed by atoms with E-state index in [0.717, 1.165) is 47.2 Å². The number of carbonyl (C=O) groups is 1. The second kappa shape index (κ2) is 7.64. The minimum absolute atomic E-state index is 0.0495. The van der Waals surface area contributed by atoms with Gasteiger partial charge in [0.15, 0.2) is 0 Å². The number of fused-ring (bicyclic) bond motifs is 1. The Morgan fingerprint density at radius 3 is 2.69 bits per heavy atom. The van der Waals surface area contributed by atoms with Gasteiger partial charge in [-0.15, -0.1) is 11.3 Å². The quantitative estimate of drug-likeness (QED) is 0.656. The van der Waals surface area contributed by atoms with Crippen LogP contribution in [0.25, 0.3) is 10.9 Å². The van der Waals surface area contributed by atoms with E-state index in [1.807, 2.05) is 48.0 Å². The molecule has 0 aliphatic heterocycles. The molecular weight excluding hydrogens is 366 g/mol. The third-order valence-electron chi connectivity index (χ3n) is 4.87. The van der Waals surface area contributed by atoms with Crippen LogP contribution in [0.2, 0.25) is 5.02 Å². The molecule has 1 aromatic carbocycles. The zero-order chi connectivity index (χ0) is 17.9. The SMILES string of the molecule is O=C(NC1CCC(Nc2ccnc3cc(Cl)ccc23)CC1)c1cccs1. The summed E-state index contributed by atoms with van der Waals surface area (Å²) in [5.41, 5.74) is 2.00. The topological polar surface area (TPSA) is 54.0 Å². The number of rotatable bonds is 4. The van der Waals surface area contributed by atoms with Crippen molar-refractivity contribution >= 4 is 45.4 Å². The highest BCUT2D eigenvalue weighted by Crippen LogP contribution is 2.28. The maximum absolute atomic E-state index is 12.2. The summed E-state index contributed by atoms with van der Waals surface area (Å²) in [6, 6.07) is 12.3. The summed E-state index contributed by atoms with van der Waals surface area (Å²) in [4.78, 5) is 17.4. The molecule has 0 bridgehead atoms. The molecule has 4 rings (SSSR count). The monoisotopic (exact) mass is 385 g/mol. The zero-order valence-electron chi connectivity index (χ0n) is 14.2. The number of benzene rings is 1. The number of carbonyl (C=O) groups excluding carboxylic acids is 1. The molecule has 1 saturated carbocycles. The van der Waals surface area contributed by atoms with Gasteiger partial charge in [-0.1, -0.05) is 17.7 Å². The van der Waals surface area contributed by atoms with Crippen molar-refractivity contribution in [2.24, 2.45) is 0 Å². The summed E-state index contributed by atoms with van der Waals surface area (Å²) in [5.74, 6) is 0.0495. The second-order valence-electron chi connectivity index (χ2n) is 6.66. The van der Waals surface area contributed by atoms with Crippen molar-refractivity contribution in [3.63, 3.8) is 0 Å². The van der Waals surface area contributed by atoms with Crippen LogP contribution in [-0.4, -0.2) is 23.0 Å². The molecule has 0 radical (unpaired) electrons. The molecule has 26 heavy (non-hydrogen) atoms. The molecule has 4 nitrogen and oxygen atoms in total. The fourth-order valence-electron chi connectivity index (χ4n) is 3.51. The lowest BCUT2D eigenvalue weighted by molar-refractivity contribution is 0.0930. The van der Waals surface area contributed by atoms with E-state index < -0.39 is 0 Å². The Morgan fingerprint density at radius 1 is 1.12 bits per heavy atom. The van der Waals surface area contributed by atoms with E-state index in [9.17, 15) is 4.79 Å². The highest BCUT2D eigenvalue weighted by atomic mass is 35.5. The van der Waals surface area contributed by atoms with Gasteiger partial charge in [-0.2, -0.15) is 0 Å². The number of aromatic nitrogens is 1. The van der Waals surface area contributed by atoms with E-state index >= 15 is 0 Å². The third kappa shape index (κ3) is 3.84. The number of nitrogens with zero attached hydrogens (tertiary/aromatic N) is 1. The van der Waals surface area contributed by atoms with Crippen LogP contribution in [0.4, 0.5) is 5.69 Å². The Hall–Kier alpha value is -2.11. The number of amides is 1. The van der Waals surface area contributed by atoms with Crippen LogP contribution in [0.1, 0.15) is 35.4 Å². The highest BCUT2D eigenvalue weighted by Gasteiger charge is 2.23. The van der Waals surface area contributed by atoms with E-state index in [0.29, 0.717) is 11.1 Å². The van der Waals surface area contributed by atoms with E-state index in [-0.39, 0.29) is 11.9 Å².